The van der Waals surface area contributed by atoms with Crippen molar-refractivity contribution in [3.8, 4) is 0 Å². The van der Waals surface area contributed by atoms with E-state index in [9.17, 15) is 9.90 Å². The molecular formula is C10H16N2O2. The zero-order chi connectivity index (χ0) is 10.7. The minimum Gasteiger partial charge on any atom is -0.387 e. The monoisotopic (exact) mass is 196 g/mol. The summed E-state index contributed by atoms with van der Waals surface area (Å²) in [6.07, 6.45) is 1.67. The maximum Gasteiger partial charge on any atom is 0.255 e. The van der Waals surface area contributed by atoms with Crippen molar-refractivity contribution in [2.45, 2.75) is 19.4 Å². The smallest absolute Gasteiger partial charge is 0.255 e. The summed E-state index contributed by atoms with van der Waals surface area (Å²) in [6.45, 7) is 1.87. The molecule has 1 atom stereocenters. The highest BCUT2D eigenvalue weighted by atomic mass is 16.3. The average molecular weight is 196 g/mol. The number of H-pyrrole nitrogens is 1. The Balaban J connectivity index is 2.98. The molecule has 2 N–H and O–H groups in total. The third-order valence-electron chi connectivity index (χ3n) is 2.14. The number of nitrogens with zero attached hydrogens (tertiary/aromatic N) is 1. The largest absolute Gasteiger partial charge is 0.387 e. The number of aliphatic hydroxyl groups excluding tert-OH is 1. The first-order chi connectivity index (χ1) is 6.57. The van der Waals surface area contributed by atoms with E-state index >= 15 is 0 Å². The van der Waals surface area contributed by atoms with Crippen molar-refractivity contribution in [3.05, 3.63) is 23.5 Å². The lowest BCUT2D eigenvalue weighted by Crippen LogP contribution is -2.23. The van der Waals surface area contributed by atoms with Crippen molar-refractivity contribution in [3.63, 3.8) is 0 Å². The highest BCUT2D eigenvalue weighted by Crippen LogP contribution is 2.19. The van der Waals surface area contributed by atoms with Crippen molar-refractivity contribution < 1.29 is 9.90 Å². The summed E-state index contributed by atoms with van der Waals surface area (Å²) in [5.41, 5.74) is 1.15. The van der Waals surface area contributed by atoms with Gasteiger partial charge in [0.1, 0.15) is 0 Å². The lowest BCUT2D eigenvalue weighted by atomic mass is 10.1. The molecule has 0 saturated carbocycles. The number of carbonyl (C=O) groups excluding carboxylic acids is 1. The predicted molar refractivity (Wildman–Crippen MR) is 54.1 cm³/mol. The number of hydrogen-bond acceptors (Lipinski definition) is 2. The van der Waals surface area contributed by atoms with Crippen LogP contribution in [0.15, 0.2) is 12.3 Å². The minimum absolute atomic E-state index is 0.0891. The van der Waals surface area contributed by atoms with Gasteiger partial charge in [-0.15, -0.1) is 0 Å². The molecule has 1 aromatic rings. The Labute approximate surface area is 83.5 Å². The molecule has 0 bridgehead atoms. The second-order valence-corrected chi connectivity index (χ2v) is 3.43. The van der Waals surface area contributed by atoms with Crippen LogP contribution < -0.4 is 0 Å². The number of nitrogens with one attached hydrogen (secondary N) is 1. The summed E-state index contributed by atoms with van der Waals surface area (Å²) in [7, 11) is 3.38. The Morgan fingerprint density at radius 3 is 2.79 bits per heavy atom. The van der Waals surface area contributed by atoms with Gasteiger partial charge in [-0.05, 0) is 12.5 Å². The van der Waals surface area contributed by atoms with Gasteiger partial charge in [-0.2, -0.15) is 0 Å². The summed E-state index contributed by atoms with van der Waals surface area (Å²) in [5, 5.41) is 9.63. The van der Waals surface area contributed by atoms with Gasteiger partial charge in [-0.1, -0.05) is 6.92 Å². The maximum absolute atomic E-state index is 11.6. The van der Waals surface area contributed by atoms with Gasteiger partial charge in [0.15, 0.2) is 0 Å². The summed E-state index contributed by atoms with van der Waals surface area (Å²) >= 11 is 0. The quantitative estimate of drug-likeness (QED) is 0.762. The van der Waals surface area contributed by atoms with Gasteiger partial charge in [-0.3, -0.25) is 4.79 Å². The normalized spacial score (nSPS) is 12.6. The van der Waals surface area contributed by atoms with Crippen LogP contribution in [0.3, 0.4) is 0 Å². The molecule has 4 nitrogen and oxygen atoms in total. The van der Waals surface area contributed by atoms with Gasteiger partial charge >= 0.3 is 0 Å². The summed E-state index contributed by atoms with van der Waals surface area (Å²) < 4.78 is 0. The second-order valence-electron chi connectivity index (χ2n) is 3.43. The Kier molecular flexibility index (Phi) is 3.30. The van der Waals surface area contributed by atoms with Gasteiger partial charge in [0, 0.05) is 20.3 Å². The number of aliphatic hydroxyl groups is 1. The van der Waals surface area contributed by atoms with Crippen molar-refractivity contribution in [1.82, 2.24) is 9.88 Å². The van der Waals surface area contributed by atoms with E-state index in [1.165, 1.54) is 4.90 Å². The van der Waals surface area contributed by atoms with E-state index in [0.29, 0.717) is 17.7 Å². The van der Waals surface area contributed by atoms with Gasteiger partial charge in [0.25, 0.3) is 5.91 Å². The molecule has 1 aromatic heterocycles. The molecule has 0 aliphatic heterocycles. The lowest BCUT2D eigenvalue weighted by Gasteiger charge is -2.13. The van der Waals surface area contributed by atoms with Gasteiger partial charge in [0.05, 0.1) is 17.4 Å². The van der Waals surface area contributed by atoms with Gasteiger partial charge < -0.3 is 15.0 Å². The van der Waals surface area contributed by atoms with Crippen LogP contribution in [0.1, 0.15) is 35.5 Å². The summed E-state index contributed by atoms with van der Waals surface area (Å²) in [6, 6.07) is 1.69. The standard InChI is InChI=1S/C10H16N2O2/c1-4-8(13)9-7(5-6-11-9)10(14)12(2)3/h5-6,8,11,13H,4H2,1-3H3. The number of aromatic nitrogens is 1. The Morgan fingerprint density at radius 1 is 1.64 bits per heavy atom. The van der Waals surface area contributed by atoms with Crippen molar-refractivity contribution >= 4 is 5.91 Å². The van der Waals surface area contributed by atoms with Crippen molar-refractivity contribution in [2.75, 3.05) is 14.1 Å². The fourth-order valence-electron chi connectivity index (χ4n) is 1.29. The highest BCUT2D eigenvalue weighted by Gasteiger charge is 2.18. The van der Waals surface area contributed by atoms with E-state index in [0.717, 1.165) is 0 Å². The molecule has 1 rings (SSSR count). The number of hydrogen-bond donors (Lipinski definition) is 2. The molecule has 1 amide bonds. The Morgan fingerprint density at radius 2 is 2.29 bits per heavy atom. The van der Waals surface area contributed by atoms with Crippen LogP contribution in [-0.2, 0) is 0 Å². The number of carbonyl (C=O) groups is 1. The number of rotatable bonds is 3. The second kappa shape index (κ2) is 4.28. The van der Waals surface area contributed by atoms with Crippen LogP contribution in [0.4, 0.5) is 0 Å². The van der Waals surface area contributed by atoms with E-state index in [1.54, 1.807) is 26.4 Å². The molecule has 0 radical (unpaired) electrons. The third kappa shape index (κ3) is 1.96. The third-order valence-corrected chi connectivity index (χ3v) is 2.14. The molecule has 0 fully saturated rings. The molecule has 1 unspecified atom stereocenters. The fraction of sp³-hybridized carbons (Fsp3) is 0.500. The molecule has 78 valence electrons. The summed E-state index contributed by atoms with van der Waals surface area (Å²) in [4.78, 5) is 16.0. The predicted octanol–water partition coefficient (Wildman–Crippen LogP) is 1.16. The van der Waals surface area contributed by atoms with E-state index in [4.69, 9.17) is 0 Å². The highest BCUT2D eigenvalue weighted by molar-refractivity contribution is 5.95. The topological polar surface area (TPSA) is 56.3 Å². The van der Waals surface area contributed by atoms with Crippen LogP contribution in [-0.4, -0.2) is 35.0 Å². The molecule has 0 aromatic carbocycles. The molecule has 0 saturated heterocycles. The van der Waals surface area contributed by atoms with E-state index in [2.05, 4.69) is 4.98 Å². The number of amides is 1. The first kappa shape index (κ1) is 10.8. The average Bonchev–Trinajstić information content (AvgIpc) is 2.63. The Hall–Kier alpha value is -1.29. The minimum atomic E-state index is -0.594. The van der Waals surface area contributed by atoms with Crippen LogP contribution in [0.2, 0.25) is 0 Å². The van der Waals surface area contributed by atoms with Gasteiger partial charge in [0.2, 0.25) is 0 Å². The number of aromatic amines is 1. The van der Waals surface area contributed by atoms with Crippen molar-refractivity contribution in [1.29, 1.82) is 0 Å². The van der Waals surface area contributed by atoms with Gasteiger partial charge in [-0.25, -0.2) is 0 Å². The molecule has 0 aliphatic rings. The Bertz CT molecular complexity index is 318. The van der Waals surface area contributed by atoms with Crippen LogP contribution in [0.5, 0.6) is 0 Å². The van der Waals surface area contributed by atoms with E-state index in [1.807, 2.05) is 6.92 Å². The zero-order valence-electron chi connectivity index (χ0n) is 8.74. The fourth-order valence-corrected chi connectivity index (χ4v) is 1.29. The van der Waals surface area contributed by atoms with Crippen LogP contribution in [0, 0.1) is 0 Å². The zero-order valence-corrected chi connectivity index (χ0v) is 8.74. The van der Waals surface area contributed by atoms with E-state index in [-0.39, 0.29) is 5.91 Å². The van der Waals surface area contributed by atoms with Crippen molar-refractivity contribution in [2.24, 2.45) is 0 Å². The maximum atomic E-state index is 11.6. The van der Waals surface area contributed by atoms with E-state index < -0.39 is 6.10 Å². The molecule has 0 spiro atoms. The molecule has 1 heterocycles. The molecule has 4 heteroatoms. The molecular weight excluding hydrogens is 180 g/mol. The first-order valence-electron chi connectivity index (χ1n) is 4.65. The SMILES string of the molecule is CCC(O)c1[nH]ccc1C(=O)N(C)C. The molecule has 14 heavy (non-hydrogen) atoms. The summed E-state index contributed by atoms with van der Waals surface area (Å²) in [5.74, 6) is -0.0891. The van der Waals surface area contributed by atoms with Crippen LogP contribution >= 0.6 is 0 Å². The first-order valence-corrected chi connectivity index (χ1v) is 4.65. The van der Waals surface area contributed by atoms with Crippen LogP contribution in [0.25, 0.3) is 0 Å². The molecule has 0 aliphatic carbocycles. The lowest BCUT2D eigenvalue weighted by molar-refractivity contribution is 0.0819.